The molecule has 0 aliphatic carbocycles. The summed E-state index contributed by atoms with van der Waals surface area (Å²) in [5.74, 6) is 0.0987. The minimum absolute atomic E-state index is 0.0987. The van der Waals surface area contributed by atoms with Gasteiger partial charge in [0.25, 0.3) is 0 Å². The number of hydrogen-bond donors (Lipinski definition) is 2. The molecule has 3 rings (SSSR count). The maximum atomic E-state index is 12.6. The fourth-order valence-electron chi connectivity index (χ4n) is 3.15. The number of benzene rings is 2. The van der Waals surface area contributed by atoms with Crippen molar-refractivity contribution >= 4 is 11.0 Å². The Morgan fingerprint density at radius 2 is 1.79 bits per heavy atom. The van der Waals surface area contributed by atoms with E-state index in [1.165, 1.54) is 24.3 Å². The van der Waals surface area contributed by atoms with E-state index in [4.69, 9.17) is 4.42 Å². The molecule has 0 amide bonds. The van der Waals surface area contributed by atoms with E-state index in [-0.39, 0.29) is 5.75 Å². The number of rotatable bonds is 6. The third-order valence-electron chi connectivity index (χ3n) is 4.69. The first kappa shape index (κ1) is 19.9. The molecule has 0 bridgehead atoms. The van der Waals surface area contributed by atoms with Crippen LogP contribution in [0, 0.1) is 0 Å². The van der Waals surface area contributed by atoms with Gasteiger partial charge in [-0.25, -0.2) is 4.79 Å². The maximum Gasteiger partial charge on any atom is 0.416 e. The van der Waals surface area contributed by atoms with Gasteiger partial charge in [0, 0.05) is 29.5 Å². The van der Waals surface area contributed by atoms with Gasteiger partial charge in [-0.2, -0.15) is 13.2 Å². The summed E-state index contributed by atoms with van der Waals surface area (Å²) in [5, 5.41) is 12.7. The average Bonchev–Trinajstić information content (AvgIpc) is 2.64. The molecule has 0 atom stereocenters. The molecule has 1 aromatic heterocycles. The summed E-state index contributed by atoms with van der Waals surface area (Å²) in [6.07, 6.45) is -3.07. The minimum Gasteiger partial charge on any atom is -0.508 e. The molecule has 0 unspecified atom stereocenters. The van der Waals surface area contributed by atoms with Crippen molar-refractivity contribution in [3.63, 3.8) is 0 Å². The van der Waals surface area contributed by atoms with E-state index < -0.39 is 17.4 Å². The van der Waals surface area contributed by atoms with Gasteiger partial charge in [0.15, 0.2) is 0 Å². The Morgan fingerprint density at radius 3 is 2.43 bits per heavy atom. The van der Waals surface area contributed by atoms with Gasteiger partial charge in [0.2, 0.25) is 0 Å². The first-order valence-corrected chi connectivity index (χ1v) is 9.04. The number of alkyl halides is 3. The molecule has 3 N–H and O–H groups in total. The molecular formula is C21H21F3NO3+. The largest absolute Gasteiger partial charge is 0.508 e. The van der Waals surface area contributed by atoms with E-state index in [0.29, 0.717) is 31.5 Å². The van der Waals surface area contributed by atoms with Crippen LogP contribution >= 0.6 is 0 Å². The standard InChI is InChI=1S/C21H20F3NO3/c1-2-14-9-17-15(10-20(27)28-19(17)11-18(14)26)12-25-8-7-13-3-5-16(6-4-13)21(22,23)24/h3-6,9-11,25-26H,2,7-8,12H2,1H3/p+1. The number of halogens is 3. The van der Waals surface area contributed by atoms with Crippen molar-refractivity contribution in [3.05, 3.63) is 75.1 Å². The topological polar surface area (TPSA) is 67.0 Å². The van der Waals surface area contributed by atoms with Crippen LogP contribution in [-0.2, 0) is 25.6 Å². The van der Waals surface area contributed by atoms with Crippen molar-refractivity contribution in [2.45, 2.75) is 32.5 Å². The van der Waals surface area contributed by atoms with Crippen molar-refractivity contribution < 1.29 is 28.0 Å². The van der Waals surface area contributed by atoms with Crippen molar-refractivity contribution in [1.29, 1.82) is 0 Å². The Bertz CT molecular complexity index is 1020. The minimum atomic E-state index is -4.33. The number of quaternary nitrogens is 1. The molecule has 3 aromatic rings. The molecule has 28 heavy (non-hydrogen) atoms. The predicted molar refractivity (Wildman–Crippen MR) is 99.2 cm³/mol. The summed E-state index contributed by atoms with van der Waals surface area (Å²) >= 11 is 0. The van der Waals surface area contributed by atoms with Gasteiger partial charge in [-0.1, -0.05) is 19.1 Å². The average molecular weight is 392 g/mol. The third-order valence-corrected chi connectivity index (χ3v) is 4.69. The van der Waals surface area contributed by atoms with Crippen LogP contribution in [0.1, 0.15) is 29.2 Å². The molecule has 0 aliphatic rings. The SMILES string of the molecule is CCc1cc2c(C[NH2+]CCc3ccc(C(F)(F)F)cc3)cc(=O)oc2cc1O. The van der Waals surface area contributed by atoms with Gasteiger partial charge in [-0.05, 0) is 35.7 Å². The van der Waals surface area contributed by atoms with E-state index in [9.17, 15) is 23.1 Å². The lowest BCUT2D eigenvalue weighted by Crippen LogP contribution is -2.83. The first-order valence-electron chi connectivity index (χ1n) is 9.04. The van der Waals surface area contributed by atoms with Gasteiger partial charge in [0.1, 0.15) is 17.9 Å². The van der Waals surface area contributed by atoms with Crippen molar-refractivity contribution in [2.24, 2.45) is 0 Å². The summed E-state index contributed by atoms with van der Waals surface area (Å²) in [6.45, 7) is 3.11. The van der Waals surface area contributed by atoms with Gasteiger partial charge >= 0.3 is 11.8 Å². The fraction of sp³-hybridized carbons (Fsp3) is 0.286. The van der Waals surface area contributed by atoms with Crippen LogP contribution in [0.5, 0.6) is 5.75 Å². The third kappa shape index (κ3) is 4.54. The summed E-state index contributed by atoms with van der Waals surface area (Å²) in [5.41, 5.74) is 1.59. The van der Waals surface area contributed by atoms with E-state index in [2.05, 4.69) is 0 Å². The van der Waals surface area contributed by atoms with Crippen LogP contribution < -0.4 is 10.9 Å². The number of nitrogens with two attached hydrogens (primary N) is 1. The molecule has 0 aliphatic heterocycles. The lowest BCUT2D eigenvalue weighted by Gasteiger charge is -2.09. The molecule has 0 radical (unpaired) electrons. The molecular weight excluding hydrogens is 371 g/mol. The van der Waals surface area contributed by atoms with Gasteiger partial charge in [-0.15, -0.1) is 0 Å². The van der Waals surface area contributed by atoms with E-state index in [1.54, 1.807) is 0 Å². The van der Waals surface area contributed by atoms with E-state index in [1.807, 2.05) is 18.3 Å². The second kappa shape index (κ2) is 8.06. The number of aromatic hydroxyl groups is 1. The summed E-state index contributed by atoms with van der Waals surface area (Å²) in [4.78, 5) is 11.8. The van der Waals surface area contributed by atoms with Gasteiger partial charge < -0.3 is 14.8 Å². The number of phenols is 1. The Balaban J connectivity index is 1.68. The molecule has 0 fully saturated rings. The molecule has 0 saturated heterocycles. The molecule has 4 nitrogen and oxygen atoms in total. The monoisotopic (exact) mass is 392 g/mol. The maximum absolute atomic E-state index is 12.6. The number of hydrogen-bond acceptors (Lipinski definition) is 3. The first-order chi connectivity index (χ1) is 13.3. The highest BCUT2D eigenvalue weighted by atomic mass is 19.4. The summed E-state index contributed by atoms with van der Waals surface area (Å²) in [7, 11) is 0. The van der Waals surface area contributed by atoms with Crippen LogP contribution in [0.3, 0.4) is 0 Å². The molecule has 148 valence electrons. The summed E-state index contributed by atoms with van der Waals surface area (Å²) in [6, 6.07) is 9.87. The van der Waals surface area contributed by atoms with Crippen molar-refractivity contribution in [3.8, 4) is 5.75 Å². The Morgan fingerprint density at radius 1 is 1.07 bits per heavy atom. The Labute approximate surface area is 159 Å². The number of phenolic OH excluding ortho intramolecular Hbond substituents is 1. The molecule has 0 saturated carbocycles. The molecule has 0 spiro atoms. The highest BCUT2D eigenvalue weighted by Gasteiger charge is 2.29. The smallest absolute Gasteiger partial charge is 0.416 e. The highest BCUT2D eigenvalue weighted by Crippen LogP contribution is 2.29. The van der Waals surface area contributed by atoms with E-state index >= 15 is 0 Å². The van der Waals surface area contributed by atoms with Crippen molar-refractivity contribution in [2.75, 3.05) is 6.54 Å². The second-order valence-corrected chi connectivity index (χ2v) is 6.65. The van der Waals surface area contributed by atoms with Crippen LogP contribution in [0.25, 0.3) is 11.0 Å². The quantitative estimate of drug-likeness (QED) is 0.499. The van der Waals surface area contributed by atoms with Gasteiger partial charge in [0.05, 0.1) is 12.1 Å². The van der Waals surface area contributed by atoms with Gasteiger partial charge in [-0.3, -0.25) is 0 Å². The number of aryl methyl sites for hydroxylation is 1. The molecule has 7 heteroatoms. The van der Waals surface area contributed by atoms with Crippen LogP contribution in [0.15, 0.2) is 51.7 Å². The highest BCUT2D eigenvalue weighted by molar-refractivity contribution is 5.82. The predicted octanol–water partition coefficient (Wildman–Crippen LogP) is 3.39. The zero-order valence-electron chi connectivity index (χ0n) is 15.3. The lowest BCUT2D eigenvalue weighted by atomic mass is 10.0. The van der Waals surface area contributed by atoms with E-state index in [0.717, 1.165) is 34.2 Å². The van der Waals surface area contributed by atoms with Crippen LogP contribution in [0.4, 0.5) is 13.2 Å². The summed E-state index contributed by atoms with van der Waals surface area (Å²) < 4.78 is 43.0. The van der Waals surface area contributed by atoms with Crippen molar-refractivity contribution in [1.82, 2.24) is 0 Å². The van der Waals surface area contributed by atoms with Crippen LogP contribution in [-0.4, -0.2) is 11.7 Å². The Hall–Kier alpha value is -2.80. The fourth-order valence-corrected chi connectivity index (χ4v) is 3.15. The van der Waals surface area contributed by atoms with Crippen LogP contribution in [0.2, 0.25) is 0 Å². The molecule has 2 aromatic carbocycles. The molecule has 1 heterocycles. The lowest BCUT2D eigenvalue weighted by molar-refractivity contribution is -0.670. The normalized spacial score (nSPS) is 11.9. The zero-order valence-corrected chi connectivity index (χ0v) is 15.3. The Kier molecular flexibility index (Phi) is 5.74. The second-order valence-electron chi connectivity index (χ2n) is 6.65. The zero-order chi connectivity index (χ0) is 20.3. The number of fused-ring (bicyclic) bond motifs is 1.